The Bertz CT molecular complexity index is 561. The minimum absolute atomic E-state index is 0.0333. The predicted octanol–water partition coefficient (Wildman–Crippen LogP) is 2.77. The van der Waals surface area contributed by atoms with E-state index >= 15 is 0 Å². The Labute approximate surface area is 119 Å². The van der Waals surface area contributed by atoms with E-state index in [1.165, 1.54) is 12.1 Å². The maximum absolute atomic E-state index is 11.9. The SMILES string of the molecule is CC/C=C/CCOC(=O)NS(=O)(=O)c1ccc(C)cc1. The fraction of sp³-hybridized carbons (Fsp3) is 0.357. The summed E-state index contributed by atoms with van der Waals surface area (Å²) in [5, 5.41) is 0. The van der Waals surface area contributed by atoms with Gasteiger partial charge in [-0.25, -0.2) is 17.9 Å². The number of hydrogen-bond donors (Lipinski definition) is 1. The summed E-state index contributed by atoms with van der Waals surface area (Å²) in [6.45, 7) is 3.99. The first-order valence-corrected chi connectivity index (χ1v) is 7.85. The van der Waals surface area contributed by atoms with Gasteiger partial charge in [-0.05, 0) is 31.9 Å². The number of carbonyl (C=O) groups is 1. The standard InChI is InChI=1S/C14H19NO4S/c1-3-4-5-6-11-19-14(16)15-20(17,18)13-9-7-12(2)8-10-13/h4-5,7-10H,3,6,11H2,1-2H3,(H,15,16)/b5-4+. The van der Waals surface area contributed by atoms with E-state index in [1.54, 1.807) is 12.1 Å². The maximum atomic E-state index is 11.9. The van der Waals surface area contributed by atoms with E-state index in [9.17, 15) is 13.2 Å². The molecule has 0 aliphatic heterocycles. The molecule has 0 aliphatic rings. The van der Waals surface area contributed by atoms with Crippen LogP contribution in [0, 0.1) is 6.92 Å². The highest BCUT2D eigenvalue weighted by Gasteiger charge is 2.17. The molecule has 1 aromatic rings. The van der Waals surface area contributed by atoms with Crippen molar-refractivity contribution >= 4 is 16.1 Å². The minimum atomic E-state index is -3.87. The van der Waals surface area contributed by atoms with Gasteiger partial charge >= 0.3 is 6.09 Å². The van der Waals surface area contributed by atoms with Crippen molar-refractivity contribution in [2.75, 3.05) is 6.61 Å². The first kappa shape index (κ1) is 16.2. The summed E-state index contributed by atoms with van der Waals surface area (Å²) < 4.78 is 30.4. The average molecular weight is 297 g/mol. The van der Waals surface area contributed by atoms with Gasteiger partial charge in [0.05, 0.1) is 11.5 Å². The van der Waals surface area contributed by atoms with E-state index in [4.69, 9.17) is 4.74 Å². The van der Waals surface area contributed by atoms with Gasteiger partial charge in [-0.3, -0.25) is 0 Å². The molecule has 0 fully saturated rings. The molecule has 1 amide bonds. The molecular weight excluding hydrogens is 278 g/mol. The Kier molecular flexibility index (Phi) is 6.24. The molecule has 0 bridgehead atoms. The summed E-state index contributed by atoms with van der Waals surface area (Å²) in [6, 6.07) is 6.20. The number of ether oxygens (including phenoxy) is 1. The molecule has 1 N–H and O–H groups in total. The number of hydrogen-bond acceptors (Lipinski definition) is 4. The highest BCUT2D eigenvalue weighted by atomic mass is 32.2. The second-order valence-corrected chi connectivity index (χ2v) is 5.91. The van der Waals surface area contributed by atoms with Crippen LogP contribution in [0.3, 0.4) is 0 Å². The molecule has 1 rings (SSSR count). The van der Waals surface area contributed by atoms with Gasteiger partial charge in [-0.15, -0.1) is 0 Å². The van der Waals surface area contributed by atoms with E-state index in [0.29, 0.717) is 6.42 Å². The average Bonchev–Trinajstić information content (AvgIpc) is 2.38. The van der Waals surface area contributed by atoms with Crippen molar-refractivity contribution in [1.82, 2.24) is 4.72 Å². The van der Waals surface area contributed by atoms with Crippen molar-refractivity contribution in [3.63, 3.8) is 0 Å². The van der Waals surface area contributed by atoms with E-state index in [-0.39, 0.29) is 11.5 Å². The summed E-state index contributed by atoms with van der Waals surface area (Å²) in [4.78, 5) is 11.4. The summed E-state index contributed by atoms with van der Waals surface area (Å²) >= 11 is 0. The van der Waals surface area contributed by atoms with Gasteiger partial charge in [-0.1, -0.05) is 36.8 Å². The Morgan fingerprint density at radius 2 is 1.90 bits per heavy atom. The lowest BCUT2D eigenvalue weighted by molar-refractivity contribution is 0.154. The zero-order valence-electron chi connectivity index (χ0n) is 11.6. The van der Waals surface area contributed by atoms with Gasteiger partial charge in [0.1, 0.15) is 0 Å². The van der Waals surface area contributed by atoms with Crippen LogP contribution in [0.4, 0.5) is 4.79 Å². The zero-order chi connectivity index (χ0) is 15.0. The smallest absolute Gasteiger partial charge is 0.421 e. The summed E-state index contributed by atoms with van der Waals surface area (Å²) in [5.74, 6) is 0. The van der Waals surface area contributed by atoms with E-state index in [2.05, 4.69) is 0 Å². The van der Waals surface area contributed by atoms with Gasteiger partial charge in [0.25, 0.3) is 10.0 Å². The van der Waals surface area contributed by atoms with Gasteiger partial charge in [0.2, 0.25) is 0 Å². The third-order valence-corrected chi connectivity index (χ3v) is 3.80. The number of benzene rings is 1. The molecule has 0 unspecified atom stereocenters. The molecule has 0 spiro atoms. The van der Waals surface area contributed by atoms with Crippen molar-refractivity contribution in [2.45, 2.75) is 31.6 Å². The Morgan fingerprint density at radius 1 is 1.25 bits per heavy atom. The summed E-state index contributed by atoms with van der Waals surface area (Å²) in [7, 11) is -3.87. The van der Waals surface area contributed by atoms with Crippen molar-refractivity contribution in [3.05, 3.63) is 42.0 Å². The van der Waals surface area contributed by atoms with Crippen LogP contribution in [-0.4, -0.2) is 21.1 Å². The van der Waals surface area contributed by atoms with Crippen LogP contribution in [0.1, 0.15) is 25.3 Å². The number of sulfonamides is 1. The van der Waals surface area contributed by atoms with Gasteiger partial charge in [0, 0.05) is 0 Å². The highest BCUT2D eigenvalue weighted by molar-refractivity contribution is 7.90. The monoisotopic (exact) mass is 297 g/mol. The molecule has 1 aromatic carbocycles. The first-order chi connectivity index (χ1) is 9.45. The first-order valence-electron chi connectivity index (χ1n) is 6.37. The molecule has 0 aliphatic carbocycles. The molecule has 0 radical (unpaired) electrons. The number of amides is 1. The van der Waals surface area contributed by atoms with E-state index < -0.39 is 16.1 Å². The van der Waals surface area contributed by atoms with Gasteiger partial charge < -0.3 is 4.74 Å². The lowest BCUT2D eigenvalue weighted by Gasteiger charge is -2.07. The van der Waals surface area contributed by atoms with Crippen molar-refractivity contribution in [2.24, 2.45) is 0 Å². The lowest BCUT2D eigenvalue weighted by Crippen LogP contribution is -2.31. The van der Waals surface area contributed by atoms with E-state index in [0.717, 1.165) is 12.0 Å². The van der Waals surface area contributed by atoms with Crippen LogP contribution >= 0.6 is 0 Å². The molecule has 110 valence electrons. The molecule has 6 heteroatoms. The number of aryl methyl sites for hydroxylation is 1. The van der Waals surface area contributed by atoms with Crippen LogP contribution in [-0.2, 0) is 14.8 Å². The summed E-state index contributed by atoms with van der Waals surface area (Å²) in [6.07, 6.45) is 4.33. The molecule has 5 nitrogen and oxygen atoms in total. The van der Waals surface area contributed by atoms with Crippen molar-refractivity contribution in [1.29, 1.82) is 0 Å². The molecule has 0 aromatic heterocycles. The fourth-order valence-corrected chi connectivity index (χ4v) is 2.31. The van der Waals surface area contributed by atoms with Crippen LogP contribution in [0.5, 0.6) is 0 Å². The maximum Gasteiger partial charge on any atom is 0.421 e. The lowest BCUT2D eigenvalue weighted by atomic mass is 10.2. The molecule has 20 heavy (non-hydrogen) atoms. The van der Waals surface area contributed by atoms with Crippen LogP contribution in [0.15, 0.2) is 41.3 Å². The van der Waals surface area contributed by atoms with Crippen molar-refractivity contribution in [3.8, 4) is 0 Å². The second-order valence-electron chi connectivity index (χ2n) is 4.22. The zero-order valence-corrected chi connectivity index (χ0v) is 12.4. The van der Waals surface area contributed by atoms with Gasteiger partial charge in [-0.2, -0.15) is 0 Å². The number of rotatable bonds is 6. The topological polar surface area (TPSA) is 72.5 Å². The summed E-state index contributed by atoms with van der Waals surface area (Å²) in [5.41, 5.74) is 0.939. The van der Waals surface area contributed by atoms with Gasteiger partial charge in [0.15, 0.2) is 0 Å². The third kappa shape index (κ3) is 5.44. The molecule has 0 saturated heterocycles. The number of nitrogens with one attached hydrogen (secondary N) is 1. The quantitative estimate of drug-likeness (QED) is 0.647. The minimum Gasteiger partial charge on any atom is -0.449 e. The Morgan fingerprint density at radius 3 is 2.50 bits per heavy atom. The van der Waals surface area contributed by atoms with Crippen molar-refractivity contribution < 1.29 is 17.9 Å². The Balaban J connectivity index is 2.52. The Hall–Kier alpha value is -1.82. The molecule has 0 saturated carbocycles. The predicted molar refractivity (Wildman–Crippen MR) is 76.9 cm³/mol. The highest BCUT2D eigenvalue weighted by Crippen LogP contribution is 2.09. The fourth-order valence-electron chi connectivity index (χ4n) is 1.42. The van der Waals surface area contributed by atoms with Crippen LogP contribution in [0.2, 0.25) is 0 Å². The van der Waals surface area contributed by atoms with Crippen LogP contribution in [0.25, 0.3) is 0 Å². The number of carbonyl (C=O) groups excluding carboxylic acids is 1. The number of allylic oxidation sites excluding steroid dienone is 1. The molecule has 0 heterocycles. The largest absolute Gasteiger partial charge is 0.449 e. The molecule has 0 atom stereocenters. The van der Waals surface area contributed by atoms with Crippen LogP contribution < -0.4 is 4.72 Å². The normalized spacial score (nSPS) is 11.5. The van der Waals surface area contributed by atoms with E-state index in [1.807, 2.05) is 30.7 Å². The second kappa shape index (κ2) is 7.69. The third-order valence-electron chi connectivity index (χ3n) is 2.47. The molecular formula is C14H19NO4S.